The topological polar surface area (TPSA) is 98.6 Å². The Balaban J connectivity index is 1.97. The second-order valence-electron chi connectivity index (χ2n) is 5.10. The molecule has 0 saturated carbocycles. The van der Waals surface area contributed by atoms with E-state index in [1.54, 1.807) is 6.07 Å². The number of anilines is 2. The Hall–Kier alpha value is -1.31. The minimum Gasteiger partial charge on any atom is -0.396 e. The molecular formula is C12H17N3O3S. The van der Waals surface area contributed by atoms with Crippen molar-refractivity contribution in [2.75, 3.05) is 23.7 Å². The maximum absolute atomic E-state index is 11.5. The van der Waals surface area contributed by atoms with Gasteiger partial charge in [0.05, 0.1) is 23.6 Å². The van der Waals surface area contributed by atoms with Gasteiger partial charge in [0.25, 0.3) is 0 Å². The highest BCUT2D eigenvalue weighted by Gasteiger charge is 2.34. The van der Waals surface area contributed by atoms with E-state index in [1.807, 2.05) is 6.07 Å². The van der Waals surface area contributed by atoms with Gasteiger partial charge in [-0.25, -0.2) is 13.6 Å². The molecule has 0 amide bonds. The molecule has 2 saturated heterocycles. The number of sulfonamides is 1. The van der Waals surface area contributed by atoms with E-state index in [0.717, 1.165) is 31.6 Å². The summed E-state index contributed by atoms with van der Waals surface area (Å²) < 4.78 is 28.7. The van der Waals surface area contributed by atoms with Crippen LogP contribution in [0.1, 0.15) is 12.8 Å². The molecular weight excluding hydrogens is 266 g/mol. The van der Waals surface area contributed by atoms with Crippen molar-refractivity contribution in [3.05, 3.63) is 18.2 Å². The summed E-state index contributed by atoms with van der Waals surface area (Å²) in [7, 11) is -3.79. The molecule has 2 bridgehead atoms. The minimum absolute atomic E-state index is 0.0103. The van der Waals surface area contributed by atoms with Crippen molar-refractivity contribution in [1.82, 2.24) is 0 Å². The van der Waals surface area contributed by atoms with Gasteiger partial charge in [-0.1, -0.05) is 6.07 Å². The number of ether oxygens (including phenoxy) is 1. The third-order valence-electron chi connectivity index (χ3n) is 3.73. The standard InChI is InChI=1S/C12H17N3O3S/c13-12-10(2-1-3-11(12)19(14,16)17)15-6-8-4-5-9(7-15)18-8/h1-3,8-9H,4-7,13H2,(H2,14,16,17). The monoisotopic (exact) mass is 283 g/mol. The van der Waals surface area contributed by atoms with E-state index in [4.69, 9.17) is 15.6 Å². The van der Waals surface area contributed by atoms with E-state index in [9.17, 15) is 8.42 Å². The van der Waals surface area contributed by atoms with Crippen LogP contribution in [-0.4, -0.2) is 33.7 Å². The highest BCUT2D eigenvalue weighted by molar-refractivity contribution is 7.89. The Bertz CT molecular complexity index is 590. The Morgan fingerprint density at radius 3 is 2.42 bits per heavy atom. The van der Waals surface area contributed by atoms with Gasteiger partial charge in [-0.15, -0.1) is 0 Å². The van der Waals surface area contributed by atoms with Crippen LogP contribution in [0.15, 0.2) is 23.1 Å². The third kappa shape index (κ3) is 2.29. The SMILES string of the molecule is Nc1c(N2CC3CCC(C2)O3)cccc1S(N)(=O)=O. The van der Waals surface area contributed by atoms with Crippen LogP contribution in [0.3, 0.4) is 0 Å². The number of para-hydroxylation sites is 1. The number of fused-ring (bicyclic) bond motifs is 2. The van der Waals surface area contributed by atoms with Crippen molar-refractivity contribution in [2.45, 2.75) is 29.9 Å². The second-order valence-corrected chi connectivity index (χ2v) is 6.63. The minimum atomic E-state index is -3.79. The van der Waals surface area contributed by atoms with E-state index < -0.39 is 10.0 Å². The number of nitrogens with two attached hydrogens (primary N) is 2. The molecule has 1 aromatic carbocycles. The van der Waals surface area contributed by atoms with Crippen LogP contribution in [0.5, 0.6) is 0 Å². The number of morpholine rings is 1. The quantitative estimate of drug-likeness (QED) is 0.760. The van der Waals surface area contributed by atoms with Gasteiger partial charge in [-0.2, -0.15) is 0 Å². The molecule has 0 radical (unpaired) electrons. The van der Waals surface area contributed by atoms with Gasteiger partial charge in [-0.05, 0) is 25.0 Å². The number of rotatable bonds is 2. The van der Waals surface area contributed by atoms with Gasteiger partial charge in [-0.3, -0.25) is 0 Å². The molecule has 2 aliphatic heterocycles. The summed E-state index contributed by atoms with van der Waals surface area (Å²) in [6, 6.07) is 4.93. The molecule has 2 unspecified atom stereocenters. The van der Waals surface area contributed by atoms with Crippen molar-refractivity contribution in [2.24, 2.45) is 5.14 Å². The van der Waals surface area contributed by atoms with Gasteiger partial charge in [0.1, 0.15) is 4.90 Å². The first-order valence-electron chi connectivity index (χ1n) is 6.27. The molecule has 2 aliphatic rings. The van der Waals surface area contributed by atoms with Crippen LogP contribution >= 0.6 is 0 Å². The van der Waals surface area contributed by atoms with Crippen molar-refractivity contribution < 1.29 is 13.2 Å². The molecule has 0 spiro atoms. The molecule has 0 aliphatic carbocycles. The van der Waals surface area contributed by atoms with Crippen LogP contribution in [0, 0.1) is 0 Å². The molecule has 3 rings (SSSR count). The number of nitrogens with zero attached hydrogens (tertiary/aromatic N) is 1. The first-order valence-corrected chi connectivity index (χ1v) is 7.81. The maximum Gasteiger partial charge on any atom is 0.240 e. The predicted molar refractivity (Wildman–Crippen MR) is 72.3 cm³/mol. The lowest BCUT2D eigenvalue weighted by Crippen LogP contribution is -2.43. The molecule has 19 heavy (non-hydrogen) atoms. The first-order chi connectivity index (χ1) is 8.95. The lowest BCUT2D eigenvalue weighted by molar-refractivity contribution is 0.0305. The van der Waals surface area contributed by atoms with E-state index in [2.05, 4.69) is 4.90 Å². The summed E-state index contributed by atoms with van der Waals surface area (Å²) in [5.41, 5.74) is 6.93. The van der Waals surface area contributed by atoms with Crippen LogP contribution in [0.25, 0.3) is 0 Å². The number of benzene rings is 1. The zero-order valence-corrected chi connectivity index (χ0v) is 11.3. The molecule has 1 aromatic rings. The van der Waals surface area contributed by atoms with Crippen molar-refractivity contribution >= 4 is 21.4 Å². The van der Waals surface area contributed by atoms with Gasteiger partial charge in [0.15, 0.2) is 0 Å². The fourth-order valence-electron chi connectivity index (χ4n) is 2.87. The molecule has 2 heterocycles. The Labute approximate surface area is 112 Å². The van der Waals surface area contributed by atoms with Crippen molar-refractivity contribution in [3.8, 4) is 0 Å². The summed E-state index contributed by atoms with van der Waals surface area (Å²) in [5.74, 6) is 0. The molecule has 7 heteroatoms. The Morgan fingerprint density at radius 2 is 1.84 bits per heavy atom. The van der Waals surface area contributed by atoms with Gasteiger partial charge in [0.2, 0.25) is 10.0 Å². The molecule has 4 N–H and O–H groups in total. The average molecular weight is 283 g/mol. The summed E-state index contributed by atoms with van der Waals surface area (Å²) >= 11 is 0. The van der Waals surface area contributed by atoms with E-state index in [-0.39, 0.29) is 22.8 Å². The van der Waals surface area contributed by atoms with Gasteiger partial charge in [0, 0.05) is 13.1 Å². The number of hydrogen-bond acceptors (Lipinski definition) is 5. The normalized spacial score (nSPS) is 26.7. The smallest absolute Gasteiger partial charge is 0.240 e. The number of primary sulfonamides is 1. The first kappa shape index (κ1) is 12.7. The van der Waals surface area contributed by atoms with E-state index in [1.165, 1.54) is 6.07 Å². The number of nitrogen functional groups attached to an aromatic ring is 1. The van der Waals surface area contributed by atoms with Crippen LogP contribution in [0.4, 0.5) is 11.4 Å². The largest absolute Gasteiger partial charge is 0.396 e. The van der Waals surface area contributed by atoms with Crippen molar-refractivity contribution in [1.29, 1.82) is 0 Å². The summed E-state index contributed by atoms with van der Waals surface area (Å²) in [6.45, 7) is 1.49. The molecule has 104 valence electrons. The summed E-state index contributed by atoms with van der Waals surface area (Å²) in [4.78, 5) is 2.08. The van der Waals surface area contributed by atoms with Gasteiger partial charge < -0.3 is 15.4 Å². The predicted octanol–water partition coefficient (Wildman–Crippen LogP) is 0.284. The highest BCUT2D eigenvalue weighted by atomic mass is 32.2. The zero-order chi connectivity index (χ0) is 13.6. The van der Waals surface area contributed by atoms with Crippen LogP contribution in [-0.2, 0) is 14.8 Å². The Kier molecular flexibility index (Phi) is 2.92. The summed E-state index contributed by atoms with van der Waals surface area (Å²) in [6.07, 6.45) is 2.54. The molecule has 0 aromatic heterocycles. The zero-order valence-electron chi connectivity index (χ0n) is 10.5. The number of hydrogen-bond donors (Lipinski definition) is 2. The lowest BCUT2D eigenvalue weighted by atomic mass is 10.2. The molecule has 6 nitrogen and oxygen atoms in total. The molecule has 2 atom stereocenters. The fourth-order valence-corrected chi connectivity index (χ4v) is 3.55. The van der Waals surface area contributed by atoms with Crippen molar-refractivity contribution in [3.63, 3.8) is 0 Å². The fraction of sp³-hybridized carbons (Fsp3) is 0.500. The summed E-state index contributed by atoms with van der Waals surface area (Å²) in [5, 5.41) is 5.17. The lowest BCUT2D eigenvalue weighted by Gasteiger charge is -2.34. The average Bonchev–Trinajstić information content (AvgIpc) is 2.67. The molecule has 2 fully saturated rings. The maximum atomic E-state index is 11.5. The van der Waals surface area contributed by atoms with Crippen LogP contribution in [0.2, 0.25) is 0 Å². The third-order valence-corrected chi connectivity index (χ3v) is 4.70. The van der Waals surface area contributed by atoms with Crippen LogP contribution < -0.4 is 15.8 Å². The van der Waals surface area contributed by atoms with Gasteiger partial charge >= 0.3 is 0 Å². The highest BCUT2D eigenvalue weighted by Crippen LogP contribution is 2.34. The second kappa shape index (κ2) is 4.36. The van der Waals surface area contributed by atoms with E-state index >= 15 is 0 Å². The van der Waals surface area contributed by atoms with E-state index in [0.29, 0.717) is 0 Å². The Morgan fingerprint density at radius 1 is 1.21 bits per heavy atom.